The van der Waals surface area contributed by atoms with Gasteiger partial charge in [-0.15, -0.1) is 11.3 Å². The zero-order valence-corrected chi connectivity index (χ0v) is 15.7. The molecule has 2 N–H and O–H groups in total. The predicted molar refractivity (Wildman–Crippen MR) is 108 cm³/mol. The fourth-order valence-corrected chi connectivity index (χ4v) is 4.07. The number of phenolic OH excluding ortho intramolecular Hbond substituents is 1. The Bertz CT molecular complexity index is 909. The van der Waals surface area contributed by atoms with Crippen molar-refractivity contribution in [3.63, 3.8) is 0 Å². The molecule has 1 fully saturated rings. The van der Waals surface area contributed by atoms with Crippen molar-refractivity contribution in [1.82, 2.24) is 9.88 Å². The van der Waals surface area contributed by atoms with Crippen LogP contribution < -0.4 is 5.32 Å². The minimum Gasteiger partial charge on any atom is -0.508 e. The molecule has 0 spiro atoms. The van der Waals surface area contributed by atoms with Gasteiger partial charge in [0.25, 0.3) is 0 Å². The quantitative estimate of drug-likeness (QED) is 0.700. The number of benzene rings is 2. The molecule has 138 valence electrons. The largest absolute Gasteiger partial charge is 0.508 e. The molecule has 1 aromatic heterocycles. The number of nitrogens with zero attached hydrogens (tertiary/aromatic N) is 2. The SMILES string of the molecule is O=C(Nc1ccc(-c2cscn2)cc1)[C@H]1CCCN1Cc1cccc(O)c1. The van der Waals surface area contributed by atoms with Crippen molar-refractivity contribution in [1.29, 1.82) is 0 Å². The Morgan fingerprint density at radius 1 is 1.26 bits per heavy atom. The molecule has 4 rings (SSSR count). The van der Waals surface area contributed by atoms with Crippen molar-refractivity contribution < 1.29 is 9.90 Å². The van der Waals surface area contributed by atoms with Gasteiger partial charge in [0.05, 0.1) is 17.2 Å². The predicted octanol–water partition coefficient (Wildman–Crippen LogP) is 4.12. The van der Waals surface area contributed by atoms with E-state index in [9.17, 15) is 9.90 Å². The van der Waals surface area contributed by atoms with Crippen LogP contribution in [-0.4, -0.2) is 33.5 Å². The summed E-state index contributed by atoms with van der Waals surface area (Å²) in [6, 6.07) is 14.9. The van der Waals surface area contributed by atoms with Crippen LogP contribution in [0.4, 0.5) is 5.69 Å². The van der Waals surface area contributed by atoms with Gasteiger partial charge in [0.1, 0.15) is 5.75 Å². The van der Waals surface area contributed by atoms with Gasteiger partial charge in [-0.05, 0) is 49.2 Å². The van der Waals surface area contributed by atoms with Crippen LogP contribution in [0.3, 0.4) is 0 Å². The van der Waals surface area contributed by atoms with E-state index in [-0.39, 0.29) is 17.7 Å². The maximum absolute atomic E-state index is 12.8. The van der Waals surface area contributed by atoms with E-state index in [1.165, 1.54) is 0 Å². The zero-order valence-electron chi connectivity index (χ0n) is 14.8. The van der Waals surface area contributed by atoms with Gasteiger partial charge in [-0.25, -0.2) is 4.98 Å². The lowest BCUT2D eigenvalue weighted by atomic mass is 10.1. The molecule has 1 aliphatic heterocycles. The van der Waals surface area contributed by atoms with Crippen molar-refractivity contribution in [2.24, 2.45) is 0 Å². The van der Waals surface area contributed by atoms with Crippen LogP contribution in [0, 0.1) is 0 Å². The Morgan fingerprint density at radius 3 is 2.85 bits per heavy atom. The topological polar surface area (TPSA) is 65.5 Å². The van der Waals surface area contributed by atoms with Gasteiger partial charge < -0.3 is 10.4 Å². The van der Waals surface area contributed by atoms with Crippen molar-refractivity contribution in [3.05, 3.63) is 65.0 Å². The molecule has 2 aromatic carbocycles. The lowest BCUT2D eigenvalue weighted by molar-refractivity contribution is -0.120. The summed E-state index contributed by atoms with van der Waals surface area (Å²) in [5, 5.41) is 14.7. The van der Waals surface area contributed by atoms with Crippen molar-refractivity contribution in [2.45, 2.75) is 25.4 Å². The van der Waals surface area contributed by atoms with Gasteiger partial charge in [-0.3, -0.25) is 9.69 Å². The summed E-state index contributed by atoms with van der Waals surface area (Å²) >= 11 is 1.57. The van der Waals surface area contributed by atoms with Crippen LogP contribution in [0.15, 0.2) is 59.4 Å². The maximum Gasteiger partial charge on any atom is 0.241 e. The second-order valence-electron chi connectivity index (χ2n) is 6.74. The number of likely N-dealkylation sites (tertiary alicyclic amines) is 1. The summed E-state index contributed by atoms with van der Waals surface area (Å²) in [6.45, 7) is 1.55. The number of hydrogen-bond acceptors (Lipinski definition) is 5. The Hall–Kier alpha value is -2.70. The third kappa shape index (κ3) is 4.18. The lowest BCUT2D eigenvalue weighted by Crippen LogP contribution is -2.39. The first-order chi connectivity index (χ1) is 13.2. The first-order valence-electron chi connectivity index (χ1n) is 9.00. The van der Waals surface area contributed by atoms with E-state index in [4.69, 9.17) is 0 Å². The summed E-state index contributed by atoms with van der Waals surface area (Å²) in [7, 11) is 0. The number of thiazole rings is 1. The molecule has 5 nitrogen and oxygen atoms in total. The van der Waals surface area contributed by atoms with Crippen LogP contribution in [-0.2, 0) is 11.3 Å². The van der Waals surface area contributed by atoms with Crippen LogP contribution in [0.5, 0.6) is 5.75 Å². The summed E-state index contributed by atoms with van der Waals surface area (Å²) in [5.41, 5.74) is 5.61. The molecule has 1 saturated heterocycles. The minimum atomic E-state index is -0.148. The fourth-order valence-electron chi connectivity index (χ4n) is 3.51. The third-order valence-corrected chi connectivity index (χ3v) is 5.43. The van der Waals surface area contributed by atoms with E-state index < -0.39 is 0 Å². The number of rotatable bonds is 5. The first-order valence-corrected chi connectivity index (χ1v) is 9.95. The average Bonchev–Trinajstić information content (AvgIpc) is 3.34. The number of hydrogen-bond donors (Lipinski definition) is 2. The molecule has 0 saturated carbocycles. The van der Waals surface area contributed by atoms with Gasteiger partial charge in [0.2, 0.25) is 5.91 Å². The van der Waals surface area contributed by atoms with Gasteiger partial charge in [0, 0.05) is 23.2 Å². The lowest BCUT2D eigenvalue weighted by Gasteiger charge is -2.23. The Kier molecular flexibility index (Phi) is 5.18. The summed E-state index contributed by atoms with van der Waals surface area (Å²) in [6.07, 6.45) is 1.85. The van der Waals surface area contributed by atoms with Crippen molar-refractivity contribution in [2.75, 3.05) is 11.9 Å². The van der Waals surface area contributed by atoms with Crippen LogP contribution >= 0.6 is 11.3 Å². The van der Waals surface area contributed by atoms with E-state index in [1.807, 2.05) is 47.3 Å². The van der Waals surface area contributed by atoms with Crippen molar-refractivity contribution >= 4 is 22.9 Å². The normalized spacial score (nSPS) is 17.1. The van der Waals surface area contributed by atoms with E-state index in [0.717, 1.165) is 41.9 Å². The monoisotopic (exact) mass is 379 g/mol. The highest BCUT2D eigenvalue weighted by Gasteiger charge is 2.30. The second-order valence-corrected chi connectivity index (χ2v) is 7.46. The average molecular weight is 379 g/mol. The van der Waals surface area contributed by atoms with E-state index in [2.05, 4.69) is 15.2 Å². The third-order valence-electron chi connectivity index (χ3n) is 4.84. The highest BCUT2D eigenvalue weighted by atomic mass is 32.1. The van der Waals surface area contributed by atoms with E-state index in [1.54, 1.807) is 23.5 Å². The van der Waals surface area contributed by atoms with E-state index >= 15 is 0 Å². The molecule has 6 heteroatoms. The number of nitrogens with one attached hydrogen (secondary N) is 1. The Labute approximate surface area is 162 Å². The minimum absolute atomic E-state index is 0.0223. The fraction of sp³-hybridized carbons (Fsp3) is 0.238. The number of carbonyl (C=O) groups excluding carboxylic acids is 1. The highest BCUT2D eigenvalue weighted by Crippen LogP contribution is 2.24. The van der Waals surface area contributed by atoms with Crippen LogP contribution in [0.2, 0.25) is 0 Å². The van der Waals surface area contributed by atoms with Crippen molar-refractivity contribution in [3.8, 4) is 17.0 Å². The molecule has 1 amide bonds. The number of aromatic nitrogens is 1. The number of amides is 1. The van der Waals surface area contributed by atoms with E-state index in [0.29, 0.717) is 6.54 Å². The molecule has 0 radical (unpaired) electrons. The number of carbonyl (C=O) groups is 1. The smallest absolute Gasteiger partial charge is 0.241 e. The number of phenols is 1. The molecule has 2 heterocycles. The van der Waals surface area contributed by atoms with Gasteiger partial charge >= 0.3 is 0 Å². The first kappa shape index (κ1) is 17.7. The Morgan fingerprint density at radius 2 is 2.11 bits per heavy atom. The standard InChI is InChI=1S/C21H21N3O2S/c25-18-4-1-3-15(11-18)12-24-10-2-5-20(24)21(26)23-17-8-6-16(7-9-17)19-13-27-14-22-19/h1,3-4,6-9,11,13-14,20,25H,2,5,10,12H2,(H,23,26)/t20-/m1/s1. The molecular weight excluding hydrogens is 358 g/mol. The summed E-state index contributed by atoms with van der Waals surface area (Å²) in [4.78, 5) is 19.3. The number of anilines is 1. The van der Waals surface area contributed by atoms with Crippen LogP contribution in [0.1, 0.15) is 18.4 Å². The zero-order chi connectivity index (χ0) is 18.6. The van der Waals surface area contributed by atoms with Gasteiger partial charge in [0.15, 0.2) is 0 Å². The number of aromatic hydroxyl groups is 1. The molecular formula is C21H21N3O2S. The molecule has 3 aromatic rings. The maximum atomic E-state index is 12.8. The summed E-state index contributed by atoms with van der Waals surface area (Å²) in [5.74, 6) is 0.280. The molecule has 27 heavy (non-hydrogen) atoms. The molecule has 0 unspecified atom stereocenters. The van der Waals surface area contributed by atoms with Crippen LogP contribution in [0.25, 0.3) is 11.3 Å². The molecule has 1 aliphatic rings. The van der Waals surface area contributed by atoms with Gasteiger partial charge in [-0.2, -0.15) is 0 Å². The second kappa shape index (κ2) is 7.90. The summed E-state index contributed by atoms with van der Waals surface area (Å²) < 4.78 is 0. The molecule has 0 aliphatic carbocycles. The highest BCUT2D eigenvalue weighted by molar-refractivity contribution is 7.07. The van der Waals surface area contributed by atoms with Gasteiger partial charge in [-0.1, -0.05) is 24.3 Å². The Balaban J connectivity index is 1.41. The molecule has 0 bridgehead atoms. The molecule has 1 atom stereocenters.